The van der Waals surface area contributed by atoms with E-state index in [2.05, 4.69) is 10.6 Å². The average Bonchev–Trinajstić information content (AvgIpc) is 3.32. The lowest BCUT2D eigenvalue weighted by Crippen LogP contribution is -2.36. The lowest BCUT2D eigenvalue weighted by molar-refractivity contribution is -0.117. The van der Waals surface area contributed by atoms with Gasteiger partial charge in [-0.1, -0.05) is 18.2 Å². The molecule has 1 aromatic rings. The minimum Gasteiger partial charge on any atom is -0.348 e. The van der Waals surface area contributed by atoms with Crippen LogP contribution < -0.4 is 10.6 Å². The molecule has 2 amide bonds. The molecule has 112 valence electrons. The summed E-state index contributed by atoms with van der Waals surface area (Å²) in [6, 6.07) is 9.15. The second-order valence-corrected chi connectivity index (χ2v) is 6.53. The van der Waals surface area contributed by atoms with Crippen molar-refractivity contribution in [3.63, 3.8) is 0 Å². The summed E-state index contributed by atoms with van der Waals surface area (Å²) in [6.07, 6.45) is 5.81. The molecule has 1 fully saturated rings. The standard InChI is InChI=1S/C15H18N2O2S2/c1-20-15(21-2)12(14(19)16-11-8-9-11)17-13(18)10-6-4-3-5-7-10/h3-7,11H,8-9H2,1-2H3,(H,16,19)(H,17,18). The molecule has 0 saturated heterocycles. The first kappa shape index (κ1) is 16.0. The van der Waals surface area contributed by atoms with Crippen molar-refractivity contribution in [3.8, 4) is 0 Å². The molecule has 0 aromatic heterocycles. The molecule has 0 heterocycles. The van der Waals surface area contributed by atoms with E-state index in [-0.39, 0.29) is 17.9 Å². The predicted octanol–water partition coefficient (Wildman–Crippen LogP) is 2.59. The van der Waals surface area contributed by atoms with Gasteiger partial charge >= 0.3 is 0 Å². The first-order valence-electron chi connectivity index (χ1n) is 6.65. The van der Waals surface area contributed by atoms with Crippen LogP contribution in [0.25, 0.3) is 0 Å². The highest BCUT2D eigenvalue weighted by molar-refractivity contribution is 8.21. The summed E-state index contributed by atoms with van der Waals surface area (Å²) >= 11 is 2.92. The van der Waals surface area contributed by atoms with Crippen molar-refractivity contribution < 1.29 is 9.59 Å². The van der Waals surface area contributed by atoms with Crippen LogP contribution in [0.15, 0.2) is 40.3 Å². The van der Waals surface area contributed by atoms with Crippen molar-refractivity contribution in [2.45, 2.75) is 18.9 Å². The number of nitrogens with one attached hydrogen (secondary N) is 2. The zero-order valence-corrected chi connectivity index (χ0v) is 13.6. The fourth-order valence-corrected chi connectivity index (χ4v) is 3.11. The molecule has 6 heteroatoms. The van der Waals surface area contributed by atoms with Gasteiger partial charge in [-0.25, -0.2) is 0 Å². The summed E-state index contributed by atoms with van der Waals surface area (Å²) in [7, 11) is 0. The van der Waals surface area contributed by atoms with Gasteiger partial charge in [0.15, 0.2) is 0 Å². The van der Waals surface area contributed by atoms with E-state index in [4.69, 9.17) is 0 Å². The van der Waals surface area contributed by atoms with Gasteiger partial charge in [0.2, 0.25) is 0 Å². The van der Waals surface area contributed by atoms with Crippen LogP contribution in [0.3, 0.4) is 0 Å². The van der Waals surface area contributed by atoms with Crippen LogP contribution in [-0.2, 0) is 4.79 Å². The molecule has 0 atom stereocenters. The number of thioether (sulfide) groups is 2. The maximum absolute atomic E-state index is 12.3. The van der Waals surface area contributed by atoms with Gasteiger partial charge in [0.25, 0.3) is 11.8 Å². The van der Waals surface area contributed by atoms with Gasteiger partial charge in [-0.2, -0.15) is 0 Å². The SMILES string of the molecule is CSC(SC)=C(NC(=O)c1ccccc1)C(=O)NC1CC1. The largest absolute Gasteiger partial charge is 0.348 e. The molecule has 1 saturated carbocycles. The maximum Gasteiger partial charge on any atom is 0.269 e. The minimum atomic E-state index is -0.267. The highest BCUT2D eigenvalue weighted by Crippen LogP contribution is 2.27. The molecule has 1 aliphatic rings. The molecule has 0 spiro atoms. The first-order valence-corrected chi connectivity index (χ1v) is 9.10. The Labute approximate surface area is 133 Å². The van der Waals surface area contributed by atoms with E-state index in [1.165, 1.54) is 23.5 Å². The highest BCUT2D eigenvalue weighted by Gasteiger charge is 2.27. The zero-order chi connectivity index (χ0) is 15.2. The Morgan fingerprint density at radius 1 is 1.10 bits per heavy atom. The maximum atomic E-state index is 12.3. The molecule has 0 radical (unpaired) electrons. The van der Waals surface area contributed by atoms with Crippen LogP contribution in [0.2, 0.25) is 0 Å². The van der Waals surface area contributed by atoms with Gasteiger partial charge in [0, 0.05) is 11.6 Å². The van der Waals surface area contributed by atoms with E-state index < -0.39 is 0 Å². The van der Waals surface area contributed by atoms with Crippen molar-refractivity contribution in [2.24, 2.45) is 0 Å². The van der Waals surface area contributed by atoms with E-state index >= 15 is 0 Å². The summed E-state index contributed by atoms with van der Waals surface area (Å²) < 4.78 is 0.803. The Balaban J connectivity index is 2.17. The Kier molecular flexibility index (Phi) is 5.76. The van der Waals surface area contributed by atoms with Crippen molar-refractivity contribution in [1.82, 2.24) is 10.6 Å². The van der Waals surface area contributed by atoms with Crippen molar-refractivity contribution in [3.05, 3.63) is 45.8 Å². The summed E-state index contributed by atoms with van der Waals surface area (Å²) in [4.78, 5) is 24.6. The Bertz CT molecular complexity index is 548. The van der Waals surface area contributed by atoms with E-state index in [9.17, 15) is 9.59 Å². The van der Waals surface area contributed by atoms with E-state index in [0.29, 0.717) is 11.3 Å². The molecule has 1 aromatic carbocycles. The fraction of sp³-hybridized carbons (Fsp3) is 0.333. The van der Waals surface area contributed by atoms with Gasteiger partial charge < -0.3 is 10.6 Å². The summed E-state index contributed by atoms with van der Waals surface area (Å²) in [5, 5.41) is 5.68. The third-order valence-electron chi connectivity index (χ3n) is 2.99. The first-order chi connectivity index (χ1) is 10.2. The second-order valence-electron chi connectivity index (χ2n) is 4.64. The van der Waals surface area contributed by atoms with Gasteiger partial charge in [0.05, 0.1) is 4.24 Å². The molecule has 21 heavy (non-hydrogen) atoms. The van der Waals surface area contributed by atoms with Gasteiger partial charge in [-0.3, -0.25) is 9.59 Å². The molecule has 0 aliphatic heterocycles. The molecule has 2 N–H and O–H groups in total. The van der Waals surface area contributed by atoms with Crippen molar-refractivity contribution >= 4 is 35.3 Å². The van der Waals surface area contributed by atoms with Crippen LogP contribution in [0, 0.1) is 0 Å². The lowest BCUT2D eigenvalue weighted by Gasteiger charge is -2.13. The summed E-state index contributed by atoms with van der Waals surface area (Å²) in [5.74, 6) is -0.474. The van der Waals surface area contributed by atoms with E-state index in [1.807, 2.05) is 18.6 Å². The average molecular weight is 322 g/mol. The molecule has 0 unspecified atom stereocenters. The molecular formula is C15H18N2O2S2. The van der Waals surface area contributed by atoms with E-state index in [1.54, 1.807) is 24.3 Å². The highest BCUT2D eigenvalue weighted by atomic mass is 32.2. The van der Waals surface area contributed by atoms with Crippen molar-refractivity contribution in [2.75, 3.05) is 12.5 Å². The van der Waals surface area contributed by atoms with Gasteiger partial charge in [-0.05, 0) is 37.5 Å². The summed E-state index contributed by atoms with van der Waals surface area (Å²) in [5.41, 5.74) is 0.881. The Morgan fingerprint density at radius 3 is 2.24 bits per heavy atom. The number of benzene rings is 1. The quantitative estimate of drug-likeness (QED) is 0.791. The van der Waals surface area contributed by atoms with Crippen LogP contribution in [0.1, 0.15) is 23.2 Å². The normalized spacial score (nSPS) is 13.4. The third kappa shape index (κ3) is 4.54. The molecule has 4 nitrogen and oxygen atoms in total. The number of carbonyl (C=O) groups is 2. The number of rotatable bonds is 6. The van der Waals surface area contributed by atoms with Crippen molar-refractivity contribution in [1.29, 1.82) is 0 Å². The van der Waals surface area contributed by atoms with E-state index in [0.717, 1.165) is 17.1 Å². The molecule has 1 aliphatic carbocycles. The van der Waals surface area contributed by atoms with Gasteiger partial charge in [0.1, 0.15) is 5.70 Å². The molecule has 0 bridgehead atoms. The zero-order valence-electron chi connectivity index (χ0n) is 12.0. The molecular weight excluding hydrogens is 304 g/mol. The topological polar surface area (TPSA) is 58.2 Å². The van der Waals surface area contributed by atoms with Crippen LogP contribution in [0.5, 0.6) is 0 Å². The van der Waals surface area contributed by atoms with Crippen LogP contribution >= 0.6 is 23.5 Å². The summed E-state index contributed by atoms with van der Waals surface area (Å²) in [6.45, 7) is 0. The predicted molar refractivity (Wildman–Crippen MR) is 89.1 cm³/mol. The van der Waals surface area contributed by atoms with Crippen LogP contribution in [0.4, 0.5) is 0 Å². The Morgan fingerprint density at radius 2 is 1.71 bits per heavy atom. The number of amides is 2. The number of hydrogen-bond acceptors (Lipinski definition) is 4. The fourth-order valence-electron chi connectivity index (χ4n) is 1.75. The monoisotopic (exact) mass is 322 g/mol. The van der Waals surface area contributed by atoms with Crippen LogP contribution in [-0.4, -0.2) is 30.4 Å². The number of carbonyl (C=O) groups excluding carboxylic acids is 2. The minimum absolute atomic E-state index is 0.208. The third-order valence-corrected chi connectivity index (χ3v) is 5.14. The molecule has 2 rings (SSSR count). The van der Waals surface area contributed by atoms with Gasteiger partial charge in [-0.15, -0.1) is 23.5 Å². The second kappa shape index (κ2) is 7.56. The smallest absolute Gasteiger partial charge is 0.269 e. The Hall–Kier alpha value is -1.40. The number of hydrogen-bond donors (Lipinski definition) is 2. The lowest BCUT2D eigenvalue weighted by atomic mass is 10.2.